The Morgan fingerprint density at radius 2 is 1.68 bits per heavy atom. The van der Waals surface area contributed by atoms with Gasteiger partial charge in [-0.2, -0.15) is 0 Å². The highest BCUT2D eigenvalue weighted by Gasteiger charge is 2.46. The van der Waals surface area contributed by atoms with Crippen molar-refractivity contribution in [2.24, 2.45) is 0 Å². The molecule has 3 atom stereocenters. The molecule has 180 valence electrons. The molecule has 1 heterocycles. The van der Waals surface area contributed by atoms with Gasteiger partial charge in [-0.15, -0.1) is 0 Å². The van der Waals surface area contributed by atoms with Crippen LogP contribution < -0.4 is 5.32 Å². The molecule has 8 heteroatoms. The van der Waals surface area contributed by atoms with E-state index in [0.717, 1.165) is 27.2 Å². The number of nitrogens with zero attached hydrogens (tertiary/aromatic N) is 1. The lowest BCUT2D eigenvalue weighted by Crippen LogP contribution is -2.59. The average Bonchev–Trinajstić information content (AvgIpc) is 3.35. The topological polar surface area (TPSA) is 116 Å². The summed E-state index contributed by atoms with van der Waals surface area (Å²) in [5.41, 5.74) is 3.05. The smallest absolute Gasteiger partial charge is 0.408 e. The number of ether oxygens (including phenoxy) is 1. The number of carboxylic acid groups (broad SMARTS) is 1. The summed E-state index contributed by atoms with van der Waals surface area (Å²) in [6.07, 6.45) is -0.799. The van der Waals surface area contributed by atoms with E-state index in [4.69, 9.17) is 4.74 Å². The molecule has 1 aliphatic carbocycles. The van der Waals surface area contributed by atoms with Gasteiger partial charge in [-0.05, 0) is 35.6 Å². The second-order valence-electron chi connectivity index (χ2n) is 9.23. The fraction of sp³-hybridized carbons (Fsp3) is 0.423. The van der Waals surface area contributed by atoms with Crippen LogP contribution in [-0.2, 0) is 14.3 Å². The first-order chi connectivity index (χ1) is 16.2. The monoisotopic (exact) mass is 466 g/mol. The minimum Gasteiger partial charge on any atom is -0.480 e. The second-order valence-corrected chi connectivity index (χ2v) is 9.23. The maximum Gasteiger partial charge on any atom is 0.408 e. The van der Waals surface area contributed by atoms with E-state index in [-0.39, 0.29) is 25.5 Å². The lowest BCUT2D eigenvalue weighted by molar-refractivity contribution is -0.150. The van der Waals surface area contributed by atoms with Gasteiger partial charge in [0.15, 0.2) is 0 Å². The van der Waals surface area contributed by atoms with Gasteiger partial charge >= 0.3 is 12.1 Å². The Morgan fingerprint density at radius 1 is 1.09 bits per heavy atom. The molecule has 0 radical (unpaired) electrons. The first kappa shape index (κ1) is 23.8. The van der Waals surface area contributed by atoms with Crippen molar-refractivity contribution in [3.8, 4) is 11.1 Å². The number of fused-ring (bicyclic) bond motifs is 3. The third-order valence-electron chi connectivity index (χ3n) is 6.77. The first-order valence-corrected chi connectivity index (χ1v) is 11.6. The fourth-order valence-corrected chi connectivity index (χ4v) is 5.17. The molecule has 1 unspecified atom stereocenters. The Bertz CT molecular complexity index is 1060. The lowest BCUT2D eigenvalue weighted by Gasteiger charge is -2.34. The van der Waals surface area contributed by atoms with Crippen LogP contribution in [0.1, 0.15) is 50.2 Å². The molecule has 2 amide bonds. The Hall–Kier alpha value is -3.39. The molecular formula is C26H30N2O6. The summed E-state index contributed by atoms with van der Waals surface area (Å²) in [5.74, 6) is -1.83. The molecule has 0 saturated carbocycles. The number of hydrogen-bond donors (Lipinski definition) is 3. The summed E-state index contributed by atoms with van der Waals surface area (Å²) in [7, 11) is 0. The number of hydrogen-bond acceptors (Lipinski definition) is 5. The summed E-state index contributed by atoms with van der Waals surface area (Å²) >= 11 is 0. The van der Waals surface area contributed by atoms with E-state index in [0.29, 0.717) is 12.8 Å². The summed E-state index contributed by atoms with van der Waals surface area (Å²) in [6, 6.07) is 14.9. The highest BCUT2D eigenvalue weighted by molar-refractivity contribution is 5.93. The average molecular weight is 467 g/mol. The van der Waals surface area contributed by atoms with Crippen LogP contribution in [0.2, 0.25) is 0 Å². The predicted octanol–water partition coefficient (Wildman–Crippen LogP) is 3.13. The van der Waals surface area contributed by atoms with Gasteiger partial charge in [0.25, 0.3) is 0 Å². The van der Waals surface area contributed by atoms with Gasteiger partial charge in [-0.1, -0.05) is 61.9 Å². The second kappa shape index (κ2) is 9.46. The molecule has 0 bridgehead atoms. The quantitative estimate of drug-likeness (QED) is 0.577. The zero-order valence-electron chi connectivity index (χ0n) is 19.4. The summed E-state index contributed by atoms with van der Waals surface area (Å²) < 4.78 is 5.60. The van der Waals surface area contributed by atoms with Crippen LogP contribution in [0, 0.1) is 0 Å². The van der Waals surface area contributed by atoms with Crippen molar-refractivity contribution in [1.82, 2.24) is 10.2 Å². The number of carbonyl (C=O) groups excluding carboxylic acids is 2. The predicted molar refractivity (Wildman–Crippen MR) is 125 cm³/mol. The van der Waals surface area contributed by atoms with Crippen molar-refractivity contribution in [3.05, 3.63) is 59.7 Å². The van der Waals surface area contributed by atoms with Gasteiger partial charge in [-0.25, -0.2) is 9.59 Å². The van der Waals surface area contributed by atoms with Gasteiger partial charge in [-0.3, -0.25) is 4.79 Å². The minimum atomic E-state index is -1.35. The van der Waals surface area contributed by atoms with E-state index in [1.54, 1.807) is 6.92 Å². The molecule has 2 aromatic rings. The van der Waals surface area contributed by atoms with Crippen molar-refractivity contribution in [1.29, 1.82) is 0 Å². The Kier molecular flexibility index (Phi) is 6.61. The number of carboxylic acids is 1. The Morgan fingerprint density at radius 3 is 2.24 bits per heavy atom. The van der Waals surface area contributed by atoms with E-state index in [1.807, 2.05) is 43.3 Å². The van der Waals surface area contributed by atoms with Crippen molar-refractivity contribution < 1.29 is 29.3 Å². The molecule has 0 aromatic heterocycles. The number of β-amino-alcohol motifs (C(OH)–C–C–N with tert-alkyl or cyclic N) is 1. The molecule has 1 aliphatic heterocycles. The third-order valence-corrected chi connectivity index (χ3v) is 6.77. The molecule has 1 fully saturated rings. The highest BCUT2D eigenvalue weighted by Crippen LogP contribution is 2.44. The van der Waals surface area contributed by atoms with Crippen molar-refractivity contribution in [2.75, 3.05) is 13.2 Å². The molecule has 2 aromatic carbocycles. The van der Waals surface area contributed by atoms with Crippen molar-refractivity contribution in [2.45, 2.75) is 56.7 Å². The van der Waals surface area contributed by atoms with Crippen LogP contribution in [0.25, 0.3) is 11.1 Å². The van der Waals surface area contributed by atoms with Crippen molar-refractivity contribution in [3.63, 3.8) is 0 Å². The van der Waals surface area contributed by atoms with Crippen LogP contribution in [0.15, 0.2) is 48.5 Å². The maximum atomic E-state index is 13.3. The fourth-order valence-electron chi connectivity index (χ4n) is 5.17. The number of nitrogens with one attached hydrogen (secondary N) is 1. The van der Waals surface area contributed by atoms with Gasteiger partial charge in [0.2, 0.25) is 5.91 Å². The zero-order chi connectivity index (χ0) is 24.5. The number of carbonyl (C=O) groups is 3. The van der Waals surface area contributed by atoms with E-state index in [9.17, 15) is 24.6 Å². The molecular weight excluding hydrogens is 436 g/mol. The molecule has 1 saturated heterocycles. The Balaban J connectivity index is 1.48. The van der Waals surface area contributed by atoms with Gasteiger partial charge in [0, 0.05) is 18.9 Å². The summed E-state index contributed by atoms with van der Waals surface area (Å²) in [6.45, 7) is 3.47. The standard InChI is InChI=1S/C26H30N2O6/c1-3-12-26(2,24(32)28-14-16(29)13-22(28)23(30)31)27-25(33)34-15-21-19-10-6-4-8-17(19)18-9-5-7-11-20(18)21/h4-11,16,21-22,29H,3,12-15H2,1-2H3,(H,27,33)(H,30,31)/t16-,22-,26?/m0/s1. The van der Waals surface area contributed by atoms with E-state index >= 15 is 0 Å². The minimum absolute atomic E-state index is 0.0335. The SMILES string of the molecule is CCCC(C)(NC(=O)OCC1c2ccccc2-c2ccccc21)C(=O)N1C[C@@H](O)C[C@H]1C(=O)O. The van der Waals surface area contributed by atoms with E-state index in [1.165, 1.54) is 0 Å². The molecule has 2 aliphatic rings. The zero-order valence-corrected chi connectivity index (χ0v) is 19.4. The van der Waals surface area contributed by atoms with Crippen LogP contribution >= 0.6 is 0 Å². The van der Waals surface area contributed by atoms with Crippen LogP contribution in [0.5, 0.6) is 0 Å². The number of aliphatic carboxylic acids is 1. The van der Waals surface area contributed by atoms with E-state index < -0.39 is 35.7 Å². The maximum absolute atomic E-state index is 13.3. The largest absolute Gasteiger partial charge is 0.480 e. The third kappa shape index (κ3) is 4.37. The summed E-state index contributed by atoms with van der Waals surface area (Å²) in [5, 5.41) is 22.1. The summed E-state index contributed by atoms with van der Waals surface area (Å²) in [4.78, 5) is 38.9. The number of aliphatic hydroxyl groups is 1. The van der Waals surface area contributed by atoms with Crippen LogP contribution in [-0.4, -0.2) is 63.9 Å². The van der Waals surface area contributed by atoms with Gasteiger partial charge in [0.1, 0.15) is 18.2 Å². The van der Waals surface area contributed by atoms with Gasteiger partial charge < -0.3 is 25.2 Å². The molecule has 8 nitrogen and oxygen atoms in total. The normalized spacial score (nSPS) is 20.9. The number of aliphatic hydroxyl groups excluding tert-OH is 1. The molecule has 3 N–H and O–H groups in total. The number of amides is 2. The number of benzene rings is 2. The number of alkyl carbamates (subject to hydrolysis) is 1. The molecule has 34 heavy (non-hydrogen) atoms. The molecule has 0 spiro atoms. The molecule has 4 rings (SSSR count). The van der Waals surface area contributed by atoms with Gasteiger partial charge in [0.05, 0.1) is 6.10 Å². The van der Waals surface area contributed by atoms with Crippen LogP contribution in [0.4, 0.5) is 4.79 Å². The van der Waals surface area contributed by atoms with Crippen LogP contribution in [0.3, 0.4) is 0 Å². The Labute approximate surface area is 198 Å². The van der Waals surface area contributed by atoms with Crippen molar-refractivity contribution >= 4 is 18.0 Å². The number of likely N-dealkylation sites (tertiary alicyclic amines) is 1. The number of rotatable bonds is 7. The first-order valence-electron chi connectivity index (χ1n) is 11.6. The lowest BCUT2D eigenvalue weighted by atomic mass is 9.94. The highest BCUT2D eigenvalue weighted by atomic mass is 16.5. The van der Waals surface area contributed by atoms with E-state index in [2.05, 4.69) is 17.4 Å².